The normalized spacial score (nSPS) is 16.0. The van der Waals surface area contributed by atoms with Crippen LogP contribution in [0.3, 0.4) is 0 Å². The lowest BCUT2D eigenvalue weighted by molar-refractivity contribution is 0.0744. The van der Waals surface area contributed by atoms with Gasteiger partial charge in [-0.15, -0.1) is 0 Å². The first kappa shape index (κ1) is 14.9. The zero-order chi connectivity index (χ0) is 15.6. The summed E-state index contributed by atoms with van der Waals surface area (Å²) in [6, 6.07) is 10.0. The third-order valence-electron chi connectivity index (χ3n) is 3.99. The Kier molecular flexibility index (Phi) is 4.09. The molecular formula is C17H21N3O2. The molecule has 0 unspecified atom stereocenters. The van der Waals surface area contributed by atoms with E-state index in [-0.39, 0.29) is 5.78 Å². The van der Waals surface area contributed by atoms with Gasteiger partial charge in [-0.25, -0.2) is 0 Å². The van der Waals surface area contributed by atoms with Gasteiger partial charge in [0.05, 0.1) is 23.9 Å². The van der Waals surface area contributed by atoms with Crippen LogP contribution in [0.1, 0.15) is 28.8 Å². The molecule has 0 atom stereocenters. The number of aliphatic hydroxyl groups is 1. The van der Waals surface area contributed by atoms with Crippen LogP contribution in [0, 0.1) is 0 Å². The Bertz CT molecular complexity index is 647. The summed E-state index contributed by atoms with van der Waals surface area (Å²) < 4.78 is 1.63. The SMILES string of the molecule is Cn1cc(C(=O)CN(Cc2ccccc2)CC2(O)CC2)cn1. The summed E-state index contributed by atoms with van der Waals surface area (Å²) >= 11 is 0. The van der Waals surface area contributed by atoms with E-state index >= 15 is 0 Å². The van der Waals surface area contributed by atoms with Gasteiger partial charge in [-0.2, -0.15) is 5.10 Å². The van der Waals surface area contributed by atoms with Crippen LogP contribution in [0.4, 0.5) is 0 Å². The monoisotopic (exact) mass is 299 g/mol. The summed E-state index contributed by atoms with van der Waals surface area (Å²) in [6.07, 6.45) is 4.96. The maximum Gasteiger partial charge on any atom is 0.179 e. The zero-order valence-corrected chi connectivity index (χ0v) is 12.8. The number of hydrogen-bond acceptors (Lipinski definition) is 4. The van der Waals surface area contributed by atoms with Crippen molar-refractivity contribution in [1.82, 2.24) is 14.7 Å². The van der Waals surface area contributed by atoms with E-state index in [1.165, 1.54) is 0 Å². The van der Waals surface area contributed by atoms with Crippen LogP contribution >= 0.6 is 0 Å². The third-order valence-corrected chi connectivity index (χ3v) is 3.99. The first-order chi connectivity index (χ1) is 10.5. The highest BCUT2D eigenvalue weighted by Crippen LogP contribution is 2.36. The smallest absolute Gasteiger partial charge is 0.179 e. The highest BCUT2D eigenvalue weighted by atomic mass is 16.3. The molecule has 1 fully saturated rings. The minimum absolute atomic E-state index is 0.0354. The maximum atomic E-state index is 12.4. The number of nitrogens with zero attached hydrogens (tertiary/aromatic N) is 3. The fourth-order valence-corrected chi connectivity index (χ4v) is 2.59. The molecule has 22 heavy (non-hydrogen) atoms. The number of carbonyl (C=O) groups is 1. The molecule has 0 spiro atoms. The van der Waals surface area contributed by atoms with E-state index in [0.29, 0.717) is 25.2 Å². The molecule has 0 radical (unpaired) electrons. The van der Waals surface area contributed by atoms with Crippen molar-refractivity contribution in [2.45, 2.75) is 25.0 Å². The van der Waals surface area contributed by atoms with Crippen LogP contribution in [-0.2, 0) is 13.6 Å². The average molecular weight is 299 g/mol. The summed E-state index contributed by atoms with van der Waals surface area (Å²) in [6.45, 7) is 1.49. The van der Waals surface area contributed by atoms with E-state index in [4.69, 9.17) is 0 Å². The van der Waals surface area contributed by atoms with Crippen LogP contribution in [0.2, 0.25) is 0 Å². The molecule has 1 N–H and O–H groups in total. The molecule has 0 amide bonds. The lowest BCUT2D eigenvalue weighted by Gasteiger charge is -2.24. The number of Topliss-reactive ketones (excluding diaryl/α,β-unsaturated/α-hetero) is 1. The van der Waals surface area contributed by atoms with Crippen LogP contribution < -0.4 is 0 Å². The summed E-state index contributed by atoms with van der Waals surface area (Å²) in [4.78, 5) is 14.4. The summed E-state index contributed by atoms with van der Waals surface area (Å²) in [7, 11) is 1.80. The van der Waals surface area contributed by atoms with E-state index in [9.17, 15) is 9.90 Å². The molecule has 0 aliphatic heterocycles. The van der Waals surface area contributed by atoms with E-state index in [0.717, 1.165) is 18.4 Å². The Balaban J connectivity index is 1.69. The molecule has 1 aliphatic carbocycles. The Morgan fingerprint density at radius 2 is 2.09 bits per heavy atom. The van der Waals surface area contributed by atoms with E-state index in [1.807, 2.05) is 35.2 Å². The molecule has 5 heteroatoms. The first-order valence-corrected chi connectivity index (χ1v) is 7.55. The topological polar surface area (TPSA) is 58.4 Å². The van der Waals surface area contributed by atoms with Gasteiger partial charge < -0.3 is 5.11 Å². The molecule has 1 aromatic heterocycles. The van der Waals surface area contributed by atoms with Crippen molar-refractivity contribution in [2.75, 3.05) is 13.1 Å². The molecule has 1 aromatic carbocycles. The van der Waals surface area contributed by atoms with Crippen molar-refractivity contribution < 1.29 is 9.90 Å². The minimum atomic E-state index is -0.607. The largest absolute Gasteiger partial charge is 0.389 e. The highest BCUT2D eigenvalue weighted by molar-refractivity contribution is 5.97. The molecule has 0 saturated heterocycles. The number of rotatable bonds is 7. The Morgan fingerprint density at radius 1 is 1.36 bits per heavy atom. The standard InChI is InChI=1S/C17H21N3O2/c1-19-11-15(9-18-19)16(21)12-20(13-17(22)7-8-17)10-14-5-3-2-4-6-14/h2-6,9,11,22H,7-8,10,12-13H2,1H3. The van der Waals surface area contributed by atoms with E-state index < -0.39 is 5.60 Å². The fraction of sp³-hybridized carbons (Fsp3) is 0.412. The average Bonchev–Trinajstić information content (AvgIpc) is 3.04. The highest BCUT2D eigenvalue weighted by Gasteiger charge is 2.41. The summed E-state index contributed by atoms with van der Waals surface area (Å²) in [5.41, 5.74) is 1.15. The molecular weight excluding hydrogens is 278 g/mol. The van der Waals surface area contributed by atoms with Crippen LogP contribution in [-0.4, -0.2) is 44.3 Å². The van der Waals surface area contributed by atoms with Crippen molar-refractivity contribution in [2.24, 2.45) is 7.05 Å². The van der Waals surface area contributed by atoms with Crippen LogP contribution in [0.15, 0.2) is 42.7 Å². The zero-order valence-electron chi connectivity index (χ0n) is 12.8. The molecule has 116 valence electrons. The summed E-state index contributed by atoms with van der Waals surface area (Å²) in [5, 5.41) is 14.2. The Morgan fingerprint density at radius 3 is 2.68 bits per heavy atom. The fourth-order valence-electron chi connectivity index (χ4n) is 2.59. The predicted octanol–water partition coefficient (Wildman–Crippen LogP) is 1.63. The van der Waals surface area contributed by atoms with Crippen molar-refractivity contribution in [3.8, 4) is 0 Å². The quantitative estimate of drug-likeness (QED) is 0.790. The lowest BCUT2D eigenvalue weighted by atomic mass is 10.1. The second-order valence-electron chi connectivity index (χ2n) is 6.18. The van der Waals surface area contributed by atoms with Gasteiger partial charge in [-0.1, -0.05) is 30.3 Å². The van der Waals surface area contributed by atoms with Gasteiger partial charge in [0.25, 0.3) is 0 Å². The Labute approximate surface area is 130 Å². The number of aromatic nitrogens is 2. The Hall–Kier alpha value is -1.98. The molecule has 1 aliphatic rings. The van der Waals surface area contributed by atoms with Gasteiger partial charge in [-0.05, 0) is 18.4 Å². The number of aryl methyl sites for hydroxylation is 1. The van der Waals surface area contributed by atoms with Crippen molar-refractivity contribution in [3.63, 3.8) is 0 Å². The minimum Gasteiger partial charge on any atom is -0.389 e. The van der Waals surface area contributed by atoms with Crippen molar-refractivity contribution in [1.29, 1.82) is 0 Å². The number of hydrogen-bond donors (Lipinski definition) is 1. The van der Waals surface area contributed by atoms with Crippen LogP contribution in [0.25, 0.3) is 0 Å². The molecule has 5 nitrogen and oxygen atoms in total. The van der Waals surface area contributed by atoms with E-state index in [2.05, 4.69) is 5.10 Å². The van der Waals surface area contributed by atoms with Gasteiger partial charge in [-0.3, -0.25) is 14.4 Å². The van der Waals surface area contributed by atoms with Gasteiger partial charge in [0.2, 0.25) is 0 Å². The third kappa shape index (κ3) is 3.81. The second kappa shape index (κ2) is 6.02. The van der Waals surface area contributed by atoms with Crippen molar-refractivity contribution >= 4 is 5.78 Å². The molecule has 0 bridgehead atoms. The van der Waals surface area contributed by atoms with Crippen LogP contribution in [0.5, 0.6) is 0 Å². The predicted molar refractivity (Wildman–Crippen MR) is 83.4 cm³/mol. The van der Waals surface area contributed by atoms with E-state index in [1.54, 1.807) is 24.1 Å². The number of carbonyl (C=O) groups excluding carboxylic acids is 1. The molecule has 2 aromatic rings. The second-order valence-corrected chi connectivity index (χ2v) is 6.18. The summed E-state index contributed by atoms with van der Waals surface area (Å²) in [5.74, 6) is 0.0354. The van der Waals surface area contributed by atoms with Gasteiger partial charge in [0, 0.05) is 26.3 Å². The van der Waals surface area contributed by atoms with Gasteiger partial charge >= 0.3 is 0 Å². The maximum absolute atomic E-state index is 12.4. The first-order valence-electron chi connectivity index (χ1n) is 7.55. The molecule has 1 heterocycles. The number of ketones is 1. The number of benzene rings is 1. The van der Waals surface area contributed by atoms with Crippen molar-refractivity contribution in [3.05, 3.63) is 53.9 Å². The van der Waals surface area contributed by atoms with Gasteiger partial charge in [0.15, 0.2) is 5.78 Å². The lowest BCUT2D eigenvalue weighted by Crippen LogP contribution is -2.37. The molecule has 1 saturated carbocycles. The molecule has 3 rings (SSSR count). The van der Waals surface area contributed by atoms with Gasteiger partial charge in [0.1, 0.15) is 0 Å².